The van der Waals surface area contributed by atoms with Gasteiger partial charge in [0.05, 0.1) is 6.04 Å². The van der Waals surface area contributed by atoms with Crippen molar-refractivity contribution in [2.24, 2.45) is 20.0 Å². The number of hydrogen-bond donors (Lipinski definition) is 2. The first-order chi connectivity index (χ1) is 10.2. The van der Waals surface area contributed by atoms with Crippen LogP contribution in [0.5, 0.6) is 0 Å². The van der Waals surface area contributed by atoms with Crippen LogP contribution >= 0.6 is 0 Å². The first kappa shape index (κ1) is 15.6. The van der Waals surface area contributed by atoms with Crippen molar-refractivity contribution in [2.45, 2.75) is 19.9 Å². The zero-order valence-electron chi connectivity index (χ0n) is 12.7. The van der Waals surface area contributed by atoms with Crippen LogP contribution in [0.15, 0.2) is 15.2 Å². The molecule has 8 nitrogen and oxygen atoms in total. The molecular formula is C14H16N4O4. The third kappa shape index (κ3) is 2.02. The molecular weight excluding hydrogens is 288 g/mol. The van der Waals surface area contributed by atoms with Gasteiger partial charge in [0.25, 0.3) is 5.56 Å². The minimum Gasteiger partial charge on any atom is -0.505 e. The Balaban J connectivity index is 2.98. The van der Waals surface area contributed by atoms with E-state index in [0.717, 1.165) is 9.13 Å². The van der Waals surface area contributed by atoms with Gasteiger partial charge >= 0.3 is 5.69 Å². The summed E-state index contributed by atoms with van der Waals surface area (Å²) in [6, 6.07) is 0.831. The van der Waals surface area contributed by atoms with Gasteiger partial charge in [-0.15, -0.1) is 0 Å². The number of nitrogens with zero attached hydrogens (tertiary/aromatic N) is 3. The van der Waals surface area contributed by atoms with Gasteiger partial charge in [-0.2, -0.15) is 5.26 Å². The van der Waals surface area contributed by atoms with Gasteiger partial charge in [-0.25, -0.2) is 4.79 Å². The Bertz CT molecular complexity index is 851. The number of hydrogen-bond acceptors (Lipinski definition) is 6. The summed E-state index contributed by atoms with van der Waals surface area (Å²) in [5.41, 5.74) is -2.11. The first-order valence-electron chi connectivity index (χ1n) is 6.66. The number of carbonyl (C=O) groups excluding carboxylic acids is 1. The highest BCUT2D eigenvalue weighted by atomic mass is 16.3. The van der Waals surface area contributed by atoms with Crippen LogP contribution in [0.1, 0.15) is 19.4 Å². The molecule has 2 rings (SSSR count). The smallest absolute Gasteiger partial charge is 0.332 e. The number of Topliss-reactive ketones (excluding diaryl/α,β-unsaturated/α-hetero) is 1. The molecule has 0 radical (unpaired) electrons. The van der Waals surface area contributed by atoms with Crippen LogP contribution in [-0.4, -0.2) is 26.1 Å². The largest absolute Gasteiger partial charge is 0.505 e. The highest BCUT2D eigenvalue weighted by Gasteiger charge is 2.35. The van der Waals surface area contributed by atoms with Crippen molar-refractivity contribution >= 4 is 17.4 Å². The molecule has 1 aromatic rings. The average Bonchev–Trinajstić information content (AvgIpc) is 2.57. The molecule has 0 saturated carbocycles. The Labute approximate surface area is 125 Å². The van der Waals surface area contributed by atoms with E-state index in [2.05, 4.69) is 5.32 Å². The summed E-state index contributed by atoms with van der Waals surface area (Å²) in [4.78, 5) is 36.7. The summed E-state index contributed by atoms with van der Waals surface area (Å²) >= 11 is 0. The molecule has 116 valence electrons. The second-order valence-corrected chi connectivity index (χ2v) is 5.50. The molecule has 0 amide bonds. The third-order valence-corrected chi connectivity index (χ3v) is 3.74. The van der Waals surface area contributed by atoms with Crippen molar-refractivity contribution in [3.05, 3.63) is 32.0 Å². The Hall–Kier alpha value is -2.82. The molecule has 22 heavy (non-hydrogen) atoms. The van der Waals surface area contributed by atoms with E-state index in [1.807, 2.05) is 0 Å². The first-order valence-corrected chi connectivity index (χ1v) is 6.66. The quantitative estimate of drug-likeness (QED) is 0.748. The molecule has 0 unspecified atom stereocenters. The maximum absolute atomic E-state index is 12.4. The van der Waals surface area contributed by atoms with Gasteiger partial charge in [0.2, 0.25) is 0 Å². The average molecular weight is 304 g/mol. The summed E-state index contributed by atoms with van der Waals surface area (Å²) in [7, 11) is 2.68. The van der Waals surface area contributed by atoms with Gasteiger partial charge in [-0.1, -0.05) is 13.8 Å². The minimum atomic E-state index is -0.823. The fourth-order valence-corrected chi connectivity index (χ4v) is 2.41. The Morgan fingerprint density at radius 3 is 2.32 bits per heavy atom. The van der Waals surface area contributed by atoms with Gasteiger partial charge in [-0.3, -0.25) is 18.7 Å². The van der Waals surface area contributed by atoms with Crippen molar-refractivity contribution in [3.63, 3.8) is 0 Å². The van der Waals surface area contributed by atoms with Crippen LogP contribution in [0.2, 0.25) is 0 Å². The van der Waals surface area contributed by atoms with E-state index in [1.165, 1.54) is 14.1 Å². The molecule has 1 aromatic heterocycles. The molecule has 2 heterocycles. The number of anilines is 1. The number of ketones is 1. The SMILES string of the molecule is CC(C)[C@H]1Nc2c(c(=O)n(C)c(=O)n2C)C(O)=C(C#N)C1=O. The summed E-state index contributed by atoms with van der Waals surface area (Å²) in [6.45, 7) is 3.51. The van der Waals surface area contributed by atoms with Gasteiger partial charge in [-0.05, 0) is 5.92 Å². The maximum atomic E-state index is 12.4. The van der Waals surface area contributed by atoms with Crippen molar-refractivity contribution < 1.29 is 9.90 Å². The number of rotatable bonds is 1. The predicted octanol–water partition coefficient (Wildman–Crippen LogP) is -0.104. The van der Waals surface area contributed by atoms with E-state index in [4.69, 9.17) is 0 Å². The zero-order chi connectivity index (χ0) is 16.8. The van der Waals surface area contributed by atoms with Crippen molar-refractivity contribution in [1.29, 1.82) is 5.26 Å². The van der Waals surface area contributed by atoms with E-state index >= 15 is 0 Å². The predicted molar refractivity (Wildman–Crippen MR) is 79.3 cm³/mol. The fourth-order valence-electron chi connectivity index (χ4n) is 2.41. The lowest BCUT2D eigenvalue weighted by Gasteiger charge is -2.22. The van der Waals surface area contributed by atoms with E-state index in [9.17, 15) is 24.8 Å². The highest BCUT2D eigenvalue weighted by Crippen LogP contribution is 2.27. The Morgan fingerprint density at radius 2 is 1.82 bits per heavy atom. The van der Waals surface area contributed by atoms with Crippen LogP contribution < -0.4 is 16.6 Å². The van der Waals surface area contributed by atoms with Crippen LogP contribution in [0.3, 0.4) is 0 Å². The van der Waals surface area contributed by atoms with E-state index in [0.29, 0.717) is 0 Å². The number of aliphatic hydroxyl groups excluding tert-OH is 1. The van der Waals surface area contributed by atoms with E-state index in [1.54, 1.807) is 19.9 Å². The molecule has 0 fully saturated rings. The van der Waals surface area contributed by atoms with Crippen LogP contribution in [0.4, 0.5) is 5.82 Å². The number of nitriles is 1. The van der Waals surface area contributed by atoms with Gasteiger partial charge < -0.3 is 10.4 Å². The third-order valence-electron chi connectivity index (χ3n) is 3.74. The van der Waals surface area contributed by atoms with E-state index < -0.39 is 34.4 Å². The molecule has 1 aliphatic heterocycles. The lowest BCUT2D eigenvalue weighted by atomic mass is 9.95. The summed E-state index contributed by atoms with van der Waals surface area (Å²) in [6.07, 6.45) is 0. The van der Waals surface area contributed by atoms with Gasteiger partial charge in [0, 0.05) is 14.1 Å². The van der Waals surface area contributed by atoms with Crippen LogP contribution in [-0.2, 0) is 18.9 Å². The second kappa shape index (κ2) is 5.18. The number of nitrogens with one attached hydrogen (secondary N) is 1. The Kier molecular flexibility index (Phi) is 3.67. The molecule has 0 spiro atoms. The number of aromatic nitrogens is 2. The normalized spacial score (nSPS) is 17.8. The number of fused-ring (bicyclic) bond motifs is 1. The molecule has 1 aliphatic rings. The monoisotopic (exact) mass is 304 g/mol. The van der Waals surface area contributed by atoms with Crippen molar-refractivity contribution in [2.75, 3.05) is 5.32 Å². The summed E-state index contributed by atoms with van der Waals surface area (Å²) in [5, 5.41) is 22.3. The molecule has 8 heteroatoms. The van der Waals surface area contributed by atoms with Crippen LogP contribution in [0, 0.1) is 17.2 Å². The molecule has 0 aromatic carbocycles. The second-order valence-electron chi connectivity index (χ2n) is 5.50. The van der Waals surface area contributed by atoms with Crippen LogP contribution in [0.25, 0.3) is 5.76 Å². The van der Waals surface area contributed by atoms with Gasteiger partial charge in [0.15, 0.2) is 11.5 Å². The number of aliphatic hydroxyl groups is 1. The molecule has 0 aliphatic carbocycles. The highest BCUT2D eigenvalue weighted by molar-refractivity contribution is 6.11. The lowest BCUT2D eigenvalue weighted by Crippen LogP contribution is -2.42. The lowest BCUT2D eigenvalue weighted by molar-refractivity contribution is -0.116. The molecule has 0 saturated heterocycles. The summed E-state index contributed by atoms with van der Waals surface area (Å²) < 4.78 is 1.95. The minimum absolute atomic E-state index is 0.0305. The molecule has 2 N–H and O–H groups in total. The fraction of sp³-hybridized carbons (Fsp3) is 0.429. The number of carbonyl (C=O) groups is 1. The van der Waals surface area contributed by atoms with Gasteiger partial charge in [0.1, 0.15) is 23.0 Å². The zero-order valence-corrected chi connectivity index (χ0v) is 12.7. The summed E-state index contributed by atoms with van der Waals surface area (Å²) in [5.74, 6) is -1.49. The molecule has 0 bridgehead atoms. The topological polar surface area (TPSA) is 117 Å². The van der Waals surface area contributed by atoms with Crippen molar-refractivity contribution in [1.82, 2.24) is 9.13 Å². The molecule has 1 atom stereocenters. The van der Waals surface area contributed by atoms with Crippen molar-refractivity contribution in [3.8, 4) is 6.07 Å². The van der Waals surface area contributed by atoms with E-state index in [-0.39, 0.29) is 17.3 Å². The maximum Gasteiger partial charge on any atom is 0.332 e. The Morgan fingerprint density at radius 1 is 1.23 bits per heavy atom. The standard InChI is InChI=1S/C14H16N4O4/c1-6(2)9-11(20)7(5-15)10(19)8-12(16-9)17(3)14(22)18(4)13(8)21/h6,9,16,19H,1-4H3/t9-/m1/s1.